The van der Waals surface area contributed by atoms with Crippen LogP contribution in [0.4, 0.5) is 15.9 Å². The van der Waals surface area contributed by atoms with Crippen LogP contribution in [0.5, 0.6) is 0 Å². The van der Waals surface area contributed by atoms with Crippen LogP contribution in [-0.4, -0.2) is 18.5 Å². The van der Waals surface area contributed by atoms with Gasteiger partial charge in [-0.15, -0.1) is 0 Å². The Kier molecular flexibility index (Phi) is 1.81. The van der Waals surface area contributed by atoms with Crippen LogP contribution in [0.2, 0.25) is 0 Å². The molecule has 0 saturated carbocycles. The number of hydrogen-bond donors (Lipinski definition) is 0. The minimum absolute atomic E-state index is 0.335. The third kappa shape index (κ3) is 1.20. The molecule has 0 amide bonds. The maximum atomic E-state index is 13.4. The van der Waals surface area contributed by atoms with Gasteiger partial charge in [-0.1, -0.05) is 16.6 Å². The van der Waals surface area contributed by atoms with Gasteiger partial charge in [-0.2, -0.15) is 5.12 Å². The van der Waals surface area contributed by atoms with Crippen LogP contribution in [0.15, 0.2) is 29.3 Å². The lowest BCUT2D eigenvalue weighted by Crippen LogP contribution is -2.32. The van der Waals surface area contributed by atoms with Gasteiger partial charge in [0.25, 0.3) is 0 Å². The first-order valence-corrected chi connectivity index (χ1v) is 3.86. The Morgan fingerprint density at radius 2 is 2.23 bits per heavy atom. The van der Waals surface area contributed by atoms with E-state index in [0.29, 0.717) is 22.8 Å². The normalized spacial score (nSPS) is 19.8. The summed E-state index contributed by atoms with van der Waals surface area (Å²) < 4.78 is 13.4. The Bertz CT molecular complexity index is 364. The molecule has 0 spiro atoms. The summed E-state index contributed by atoms with van der Waals surface area (Å²) in [6.45, 7) is 0. The lowest BCUT2D eigenvalue weighted by molar-refractivity contribution is -0.108. The van der Waals surface area contributed by atoms with Gasteiger partial charge in [0.2, 0.25) is 0 Å². The van der Waals surface area contributed by atoms with Crippen molar-refractivity contribution >= 4 is 23.9 Å². The third-order valence-electron chi connectivity index (χ3n) is 1.88. The molecule has 4 heteroatoms. The van der Waals surface area contributed by atoms with Crippen molar-refractivity contribution in [2.75, 3.05) is 5.12 Å². The van der Waals surface area contributed by atoms with E-state index in [2.05, 4.69) is 4.99 Å². The number of benzene rings is 1. The zero-order chi connectivity index (χ0) is 9.26. The first-order chi connectivity index (χ1) is 6.33. The highest BCUT2D eigenvalue weighted by Crippen LogP contribution is 2.32. The van der Waals surface area contributed by atoms with Gasteiger partial charge >= 0.3 is 0 Å². The van der Waals surface area contributed by atoms with Gasteiger partial charge < -0.3 is 4.79 Å². The van der Waals surface area contributed by atoms with Gasteiger partial charge in [0.1, 0.15) is 0 Å². The molecule has 1 unspecified atom stereocenters. The molecule has 1 aromatic carbocycles. The number of carbonyl (C=O) groups is 1. The Morgan fingerprint density at radius 1 is 1.46 bits per heavy atom. The minimum Gasteiger partial charge on any atom is -0.301 e. The average Bonchev–Trinajstić information content (AvgIpc) is 2.19. The Morgan fingerprint density at radius 3 is 3.00 bits per heavy atom. The number of anilines is 1. The molecule has 1 aliphatic heterocycles. The number of fused-ring (bicyclic) bond motifs is 1. The highest BCUT2D eigenvalue weighted by Gasteiger charge is 2.22. The number of hydrogen-bond acceptors (Lipinski definition) is 3. The fraction of sp³-hybridized carbons (Fsp3) is 0.111. The number of nitrogens with zero attached hydrogens (tertiary/aromatic N) is 2. The van der Waals surface area contributed by atoms with Crippen molar-refractivity contribution in [3.05, 3.63) is 24.3 Å². The predicted octanol–water partition coefficient (Wildman–Crippen LogP) is 1.66. The molecular weight excluding hydrogens is 171 g/mol. The van der Waals surface area contributed by atoms with Crippen molar-refractivity contribution in [1.82, 2.24) is 0 Å². The highest BCUT2D eigenvalue weighted by atomic mass is 19.2. The van der Waals surface area contributed by atoms with Crippen molar-refractivity contribution in [3.63, 3.8) is 0 Å². The number of halogens is 1. The molecule has 1 heterocycles. The molecule has 0 N–H and O–H groups in total. The van der Waals surface area contributed by atoms with Crippen molar-refractivity contribution in [1.29, 1.82) is 0 Å². The molecule has 0 fully saturated rings. The van der Waals surface area contributed by atoms with Crippen LogP contribution in [0.1, 0.15) is 0 Å². The van der Waals surface area contributed by atoms with Gasteiger partial charge in [0.15, 0.2) is 12.3 Å². The van der Waals surface area contributed by atoms with E-state index >= 15 is 0 Å². The summed E-state index contributed by atoms with van der Waals surface area (Å²) in [5.41, 5.74) is 0.880. The molecule has 0 aliphatic carbocycles. The summed E-state index contributed by atoms with van der Waals surface area (Å²) in [6, 6.07) is 5.86. The van der Waals surface area contributed by atoms with Crippen molar-refractivity contribution < 1.29 is 9.28 Å². The predicted molar refractivity (Wildman–Crippen MR) is 48.0 cm³/mol. The summed E-state index contributed by atoms with van der Waals surface area (Å²) in [5, 5.41) is 0.412. The fourth-order valence-corrected chi connectivity index (χ4v) is 1.22. The van der Waals surface area contributed by atoms with Gasteiger partial charge in [-0.25, -0.2) is 0 Å². The first-order valence-electron chi connectivity index (χ1n) is 3.86. The molecule has 0 radical (unpaired) electrons. The van der Waals surface area contributed by atoms with E-state index in [1.54, 1.807) is 24.3 Å². The molecule has 2 rings (SSSR count). The van der Waals surface area contributed by atoms with E-state index in [4.69, 9.17) is 0 Å². The summed E-state index contributed by atoms with van der Waals surface area (Å²) in [4.78, 5) is 14.4. The fourth-order valence-electron chi connectivity index (χ4n) is 1.22. The van der Waals surface area contributed by atoms with E-state index in [1.807, 2.05) is 0 Å². The van der Waals surface area contributed by atoms with Crippen molar-refractivity contribution in [2.45, 2.75) is 6.04 Å². The molecule has 3 nitrogen and oxygen atoms in total. The average molecular weight is 178 g/mol. The smallest absolute Gasteiger partial charge is 0.152 e. The Labute approximate surface area is 74.4 Å². The second-order valence-corrected chi connectivity index (χ2v) is 2.70. The molecule has 1 aliphatic rings. The second-order valence-electron chi connectivity index (χ2n) is 2.70. The minimum atomic E-state index is -0.894. The Balaban J connectivity index is 2.48. The molecular formula is C9H7FN2O. The lowest BCUT2D eigenvalue weighted by Gasteiger charge is -2.22. The zero-order valence-electron chi connectivity index (χ0n) is 6.72. The number of rotatable bonds is 1. The van der Waals surface area contributed by atoms with Gasteiger partial charge in [-0.05, 0) is 12.1 Å². The van der Waals surface area contributed by atoms with E-state index in [0.717, 1.165) is 0 Å². The van der Waals surface area contributed by atoms with E-state index in [1.165, 1.54) is 6.21 Å². The number of carbonyl (C=O) groups excluding carboxylic acids is 1. The van der Waals surface area contributed by atoms with Crippen LogP contribution < -0.4 is 5.12 Å². The molecule has 0 saturated heterocycles. The summed E-state index contributed by atoms with van der Waals surface area (Å²) in [5.74, 6) is 0. The van der Waals surface area contributed by atoms with E-state index in [-0.39, 0.29) is 0 Å². The topological polar surface area (TPSA) is 32.7 Å². The lowest BCUT2D eigenvalue weighted by atomic mass is 10.2. The standard InChI is InChI=1S/C9H7FN2O/c10-12-7(6-13)5-11-8-3-1-2-4-9(8)12/h1-7H. The molecule has 13 heavy (non-hydrogen) atoms. The maximum absolute atomic E-state index is 13.4. The largest absolute Gasteiger partial charge is 0.301 e. The van der Waals surface area contributed by atoms with E-state index < -0.39 is 6.04 Å². The van der Waals surface area contributed by atoms with Gasteiger partial charge in [0, 0.05) is 6.21 Å². The number of aldehydes is 1. The zero-order valence-corrected chi connectivity index (χ0v) is 6.72. The van der Waals surface area contributed by atoms with Crippen LogP contribution in [0.3, 0.4) is 0 Å². The number of para-hydroxylation sites is 2. The van der Waals surface area contributed by atoms with Crippen LogP contribution in [0.25, 0.3) is 0 Å². The van der Waals surface area contributed by atoms with E-state index in [9.17, 15) is 9.28 Å². The summed E-state index contributed by atoms with van der Waals surface area (Å²) in [6.07, 6.45) is 1.80. The number of aliphatic imine (C=N–C) groups is 1. The SMILES string of the molecule is O=CC1C=Nc2ccccc2N1F. The monoisotopic (exact) mass is 178 g/mol. The summed E-state index contributed by atoms with van der Waals surface area (Å²) >= 11 is 0. The molecule has 1 atom stereocenters. The van der Waals surface area contributed by atoms with Crippen LogP contribution in [-0.2, 0) is 4.79 Å². The quantitative estimate of drug-likeness (QED) is 0.484. The first kappa shape index (κ1) is 7.91. The molecule has 1 aromatic rings. The second kappa shape index (κ2) is 2.97. The van der Waals surface area contributed by atoms with Crippen LogP contribution in [0, 0.1) is 0 Å². The van der Waals surface area contributed by atoms with Gasteiger partial charge in [0.05, 0.1) is 11.4 Å². The molecule has 0 aromatic heterocycles. The van der Waals surface area contributed by atoms with Crippen molar-refractivity contribution in [2.24, 2.45) is 4.99 Å². The summed E-state index contributed by atoms with van der Waals surface area (Å²) in [7, 11) is 0. The Hall–Kier alpha value is -1.71. The third-order valence-corrected chi connectivity index (χ3v) is 1.88. The molecule has 66 valence electrons. The molecule has 0 bridgehead atoms. The highest BCUT2D eigenvalue weighted by molar-refractivity contribution is 5.95. The van der Waals surface area contributed by atoms with Gasteiger partial charge in [-0.3, -0.25) is 4.99 Å². The maximum Gasteiger partial charge on any atom is 0.152 e. The van der Waals surface area contributed by atoms with Crippen LogP contribution >= 0.6 is 0 Å². The van der Waals surface area contributed by atoms with Crippen molar-refractivity contribution in [3.8, 4) is 0 Å².